The van der Waals surface area contributed by atoms with E-state index in [0.717, 1.165) is 12.1 Å². The van der Waals surface area contributed by atoms with Crippen molar-refractivity contribution in [1.82, 2.24) is 0 Å². The van der Waals surface area contributed by atoms with E-state index in [2.05, 4.69) is 0 Å². The van der Waals surface area contributed by atoms with Crippen molar-refractivity contribution in [1.29, 1.82) is 0 Å². The summed E-state index contributed by atoms with van der Waals surface area (Å²) in [5.74, 6) is 0.648. The zero-order valence-corrected chi connectivity index (χ0v) is 10.8. The second-order valence-electron chi connectivity index (χ2n) is 3.97. The summed E-state index contributed by atoms with van der Waals surface area (Å²) >= 11 is 0. The Balaban J connectivity index is 2.91. The summed E-state index contributed by atoms with van der Waals surface area (Å²) in [6, 6.07) is 5.54. The Kier molecular flexibility index (Phi) is 6.32. The lowest BCUT2D eigenvalue weighted by molar-refractivity contribution is 0.281. The van der Waals surface area contributed by atoms with Gasteiger partial charge in [-0.1, -0.05) is 13.0 Å². The number of rotatable bonds is 8. The van der Waals surface area contributed by atoms with Crippen LogP contribution in [0.2, 0.25) is 0 Å². The summed E-state index contributed by atoms with van der Waals surface area (Å²) in [6.45, 7) is 3.54. The van der Waals surface area contributed by atoms with Gasteiger partial charge in [-0.3, -0.25) is 0 Å². The van der Waals surface area contributed by atoms with E-state index in [9.17, 15) is 0 Å². The quantitative estimate of drug-likeness (QED) is 0.599. The molecule has 0 unspecified atom stereocenters. The van der Waals surface area contributed by atoms with E-state index in [0.29, 0.717) is 31.1 Å². The maximum absolute atomic E-state index is 9.03. The van der Waals surface area contributed by atoms with Gasteiger partial charge in [0.25, 0.3) is 0 Å². The first-order valence-electron chi connectivity index (χ1n) is 6.22. The number of hydrogen-bond acceptors (Lipinski definition) is 5. The summed E-state index contributed by atoms with van der Waals surface area (Å²) in [5, 5.41) is 18.1. The molecule has 0 atom stereocenters. The fraction of sp³-hybridized carbons (Fsp3) is 0.538. The molecule has 1 aromatic carbocycles. The number of ether oxygens (including phenoxy) is 1. The van der Waals surface area contributed by atoms with Crippen molar-refractivity contribution in [2.75, 3.05) is 43.5 Å². The molecule has 0 heterocycles. The predicted octanol–water partition coefficient (Wildman–Crippen LogP) is 0.849. The number of nitrogens with zero attached hydrogens (tertiary/aromatic N) is 1. The minimum absolute atomic E-state index is 0.0134. The summed E-state index contributed by atoms with van der Waals surface area (Å²) in [5.41, 5.74) is 7.39. The number of anilines is 2. The molecule has 0 saturated carbocycles. The highest BCUT2D eigenvalue weighted by molar-refractivity contribution is 5.74. The minimum Gasteiger partial charge on any atom is -0.491 e. The van der Waals surface area contributed by atoms with Gasteiger partial charge in [0.15, 0.2) is 0 Å². The van der Waals surface area contributed by atoms with E-state index in [-0.39, 0.29) is 13.2 Å². The molecule has 5 nitrogen and oxygen atoms in total. The molecular weight excluding hydrogens is 232 g/mol. The van der Waals surface area contributed by atoms with Crippen LogP contribution in [-0.2, 0) is 0 Å². The Morgan fingerprint density at radius 3 is 2.44 bits per heavy atom. The molecule has 0 fully saturated rings. The zero-order chi connectivity index (χ0) is 13.4. The first-order chi connectivity index (χ1) is 8.74. The molecule has 0 aliphatic carbocycles. The van der Waals surface area contributed by atoms with Crippen LogP contribution >= 0.6 is 0 Å². The molecule has 102 valence electrons. The number of aliphatic hydroxyl groups is 2. The maximum Gasteiger partial charge on any atom is 0.144 e. The average molecular weight is 254 g/mol. The standard InChI is InChI=1S/C13H22N2O3/c1-2-10-18-12-5-3-4-11(13(12)14)15(6-8-16)7-9-17/h3-5,16-17H,2,6-10,14H2,1H3. The van der Waals surface area contributed by atoms with Crippen molar-refractivity contribution >= 4 is 11.4 Å². The van der Waals surface area contributed by atoms with Crippen LogP contribution in [0.1, 0.15) is 13.3 Å². The number of para-hydroxylation sites is 1. The van der Waals surface area contributed by atoms with Gasteiger partial charge in [-0.15, -0.1) is 0 Å². The van der Waals surface area contributed by atoms with Gasteiger partial charge in [-0.2, -0.15) is 0 Å². The van der Waals surface area contributed by atoms with Crippen molar-refractivity contribution in [2.45, 2.75) is 13.3 Å². The van der Waals surface area contributed by atoms with Gasteiger partial charge in [-0.05, 0) is 18.6 Å². The van der Waals surface area contributed by atoms with Gasteiger partial charge in [0.2, 0.25) is 0 Å². The van der Waals surface area contributed by atoms with Gasteiger partial charge < -0.3 is 25.6 Å². The van der Waals surface area contributed by atoms with Crippen LogP contribution in [0.4, 0.5) is 11.4 Å². The lowest BCUT2D eigenvalue weighted by atomic mass is 10.2. The Bertz CT molecular complexity index is 352. The molecule has 0 saturated heterocycles. The van der Waals surface area contributed by atoms with Crippen LogP contribution in [-0.4, -0.2) is 43.1 Å². The van der Waals surface area contributed by atoms with Gasteiger partial charge in [-0.25, -0.2) is 0 Å². The Hall–Kier alpha value is -1.46. The van der Waals surface area contributed by atoms with E-state index in [4.69, 9.17) is 20.7 Å². The Labute approximate surface area is 108 Å². The first kappa shape index (κ1) is 14.6. The molecule has 18 heavy (non-hydrogen) atoms. The van der Waals surface area contributed by atoms with Gasteiger partial charge in [0.05, 0.1) is 31.2 Å². The largest absolute Gasteiger partial charge is 0.491 e. The molecule has 0 spiro atoms. The molecular formula is C13H22N2O3. The highest BCUT2D eigenvalue weighted by atomic mass is 16.5. The molecule has 4 N–H and O–H groups in total. The van der Waals surface area contributed by atoms with Crippen LogP contribution in [0.3, 0.4) is 0 Å². The monoisotopic (exact) mass is 254 g/mol. The smallest absolute Gasteiger partial charge is 0.144 e. The molecule has 0 aromatic heterocycles. The first-order valence-corrected chi connectivity index (χ1v) is 6.22. The third-order valence-electron chi connectivity index (χ3n) is 2.59. The van der Waals surface area contributed by atoms with Crippen LogP contribution in [0.25, 0.3) is 0 Å². The zero-order valence-electron chi connectivity index (χ0n) is 10.8. The molecule has 5 heteroatoms. The number of nitrogens with two attached hydrogens (primary N) is 1. The maximum atomic E-state index is 9.03. The second kappa shape index (κ2) is 7.79. The number of aliphatic hydroxyl groups excluding tert-OH is 2. The third kappa shape index (κ3) is 3.78. The summed E-state index contributed by atoms with van der Waals surface area (Å²) < 4.78 is 5.56. The van der Waals surface area contributed by atoms with E-state index < -0.39 is 0 Å². The van der Waals surface area contributed by atoms with E-state index in [1.54, 1.807) is 0 Å². The van der Waals surface area contributed by atoms with Crippen molar-refractivity contribution in [3.63, 3.8) is 0 Å². The van der Waals surface area contributed by atoms with Gasteiger partial charge in [0.1, 0.15) is 5.75 Å². The fourth-order valence-corrected chi connectivity index (χ4v) is 1.74. The molecule has 1 aromatic rings. The minimum atomic E-state index is 0.0134. The normalized spacial score (nSPS) is 10.4. The number of hydrogen-bond donors (Lipinski definition) is 3. The Morgan fingerprint density at radius 2 is 1.89 bits per heavy atom. The highest BCUT2D eigenvalue weighted by Gasteiger charge is 2.12. The summed E-state index contributed by atoms with van der Waals surface area (Å²) in [4.78, 5) is 1.84. The molecule has 0 aliphatic rings. The molecule has 1 rings (SSSR count). The number of benzene rings is 1. The van der Waals surface area contributed by atoms with Crippen molar-refractivity contribution in [3.05, 3.63) is 18.2 Å². The average Bonchev–Trinajstić information content (AvgIpc) is 2.37. The van der Waals surface area contributed by atoms with Gasteiger partial charge >= 0.3 is 0 Å². The van der Waals surface area contributed by atoms with Crippen molar-refractivity contribution in [2.24, 2.45) is 0 Å². The topological polar surface area (TPSA) is 79.0 Å². The number of nitrogen functional groups attached to an aromatic ring is 1. The summed E-state index contributed by atoms with van der Waals surface area (Å²) in [6.07, 6.45) is 0.917. The molecule has 0 amide bonds. The van der Waals surface area contributed by atoms with E-state index in [1.807, 2.05) is 30.0 Å². The lowest BCUT2D eigenvalue weighted by Gasteiger charge is -2.25. The van der Waals surface area contributed by atoms with Crippen LogP contribution in [0, 0.1) is 0 Å². The third-order valence-corrected chi connectivity index (χ3v) is 2.59. The lowest BCUT2D eigenvalue weighted by Crippen LogP contribution is -2.30. The summed E-state index contributed by atoms with van der Waals surface area (Å²) in [7, 11) is 0. The van der Waals surface area contributed by atoms with Crippen LogP contribution in [0.15, 0.2) is 18.2 Å². The Morgan fingerprint density at radius 1 is 1.22 bits per heavy atom. The van der Waals surface area contributed by atoms with E-state index in [1.165, 1.54) is 0 Å². The molecule has 0 radical (unpaired) electrons. The van der Waals surface area contributed by atoms with Crippen LogP contribution < -0.4 is 15.4 Å². The van der Waals surface area contributed by atoms with Crippen LogP contribution in [0.5, 0.6) is 5.75 Å². The van der Waals surface area contributed by atoms with E-state index >= 15 is 0 Å². The second-order valence-corrected chi connectivity index (χ2v) is 3.97. The SMILES string of the molecule is CCCOc1cccc(N(CCO)CCO)c1N. The van der Waals surface area contributed by atoms with Crippen molar-refractivity contribution in [3.8, 4) is 5.75 Å². The fourth-order valence-electron chi connectivity index (χ4n) is 1.74. The van der Waals surface area contributed by atoms with Crippen molar-refractivity contribution < 1.29 is 14.9 Å². The van der Waals surface area contributed by atoms with Gasteiger partial charge in [0, 0.05) is 13.1 Å². The highest BCUT2D eigenvalue weighted by Crippen LogP contribution is 2.32. The molecule has 0 bridgehead atoms. The predicted molar refractivity (Wildman–Crippen MR) is 73.0 cm³/mol. The molecule has 0 aliphatic heterocycles.